The Labute approximate surface area is 95.9 Å². The lowest BCUT2D eigenvalue weighted by Crippen LogP contribution is -1.91. The van der Waals surface area contributed by atoms with Crippen molar-refractivity contribution in [1.29, 1.82) is 0 Å². The quantitative estimate of drug-likeness (QED) is 0.494. The first-order valence-electron chi connectivity index (χ1n) is 4.61. The van der Waals surface area contributed by atoms with Crippen LogP contribution in [0.5, 0.6) is 0 Å². The standard InChI is InChI=1S/C11H9FN2OS/c1-7(14-15)11-13-6-10(16-11)8-2-4-9(12)5-3-8/h2-6,15H,1H3. The molecule has 0 aliphatic carbocycles. The van der Waals surface area contributed by atoms with Gasteiger partial charge >= 0.3 is 0 Å². The minimum atomic E-state index is -0.262. The van der Waals surface area contributed by atoms with Crippen molar-refractivity contribution in [2.45, 2.75) is 6.92 Å². The van der Waals surface area contributed by atoms with E-state index >= 15 is 0 Å². The summed E-state index contributed by atoms with van der Waals surface area (Å²) in [5, 5.41) is 12.3. The van der Waals surface area contributed by atoms with Crippen molar-refractivity contribution in [1.82, 2.24) is 4.98 Å². The molecule has 0 fully saturated rings. The summed E-state index contributed by atoms with van der Waals surface area (Å²) >= 11 is 1.40. The highest BCUT2D eigenvalue weighted by molar-refractivity contribution is 7.17. The largest absolute Gasteiger partial charge is 0.411 e. The molecule has 3 nitrogen and oxygen atoms in total. The topological polar surface area (TPSA) is 45.5 Å². The van der Waals surface area contributed by atoms with Gasteiger partial charge in [0.1, 0.15) is 16.5 Å². The van der Waals surface area contributed by atoms with Crippen molar-refractivity contribution in [3.63, 3.8) is 0 Å². The Morgan fingerprint density at radius 2 is 2.06 bits per heavy atom. The second-order valence-electron chi connectivity index (χ2n) is 3.22. The second-order valence-corrected chi connectivity index (χ2v) is 4.25. The minimum absolute atomic E-state index is 0.262. The van der Waals surface area contributed by atoms with Crippen LogP contribution in [0.1, 0.15) is 11.9 Å². The van der Waals surface area contributed by atoms with Crippen molar-refractivity contribution in [3.8, 4) is 10.4 Å². The van der Waals surface area contributed by atoms with Crippen LogP contribution in [0.3, 0.4) is 0 Å². The monoisotopic (exact) mass is 236 g/mol. The van der Waals surface area contributed by atoms with Crippen molar-refractivity contribution in [2.75, 3.05) is 0 Å². The zero-order chi connectivity index (χ0) is 11.5. The molecule has 0 aliphatic heterocycles. The van der Waals surface area contributed by atoms with Gasteiger partial charge in [0.05, 0.1) is 4.88 Å². The van der Waals surface area contributed by atoms with Crippen LogP contribution in [-0.4, -0.2) is 15.9 Å². The van der Waals surface area contributed by atoms with E-state index in [0.29, 0.717) is 10.7 Å². The molecule has 0 aliphatic rings. The summed E-state index contributed by atoms with van der Waals surface area (Å²) in [6, 6.07) is 6.19. The summed E-state index contributed by atoms with van der Waals surface area (Å²) in [7, 11) is 0. The average molecular weight is 236 g/mol. The molecule has 5 heteroatoms. The molecule has 0 amide bonds. The first kappa shape index (κ1) is 10.8. The molecule has 16 heavy (non-hydrogen) atoms. The molecule has 0 saturated heterocycles. The minimum Gasteiger partial charge on any atom is -0.411 e. The van der Waals surface area contributed by atoms with Gasteiger partial charge in [-0.3, -0.25) is 0 Å². The van der Waals surface area contributed by atoms with Gasteiger partial charge in [-0.1, -0.05) is 17.3 Å². The first-order chi connectivity index (χ1) is 7.70. The van der Waals surface area contributed by atoms with Crippen LogP contribution < -0.4 is 0 Å². The van der Waals surface area contributed by atoms with Gasteiger partial charge in [-0.2, -0.15) is 0 Å². The third kappa shape index (κ3) is 2.09. The first-order valence-corrected chi connectivity index (χ1v) is 5.43. The highest BCUT2D eigenvalue weighted by atomic mass is 32.1. The van der Waals surface area contributed by atoms with E-state index in [2.05, 4.69) is 10.1 Å². The molecule has 0 bridgehead atoms. The lowest BCUT2D eigenvalue weighted by atomic mass is 10.2. The summed E-state index contributed by atoms with van der Waals surface area (Å²) in [6.45, 7) is 1.67. The Morgan fingerprint density at radius 1 is 1.38 bits per heavy atom. The Bertz CT molecular complexity index is 519. The number of oxime groups is 1. The Kier molecular flexibility index (Phi) is 2.96. The van der Waals surface area contributed by atoms with Crippen LogP contribution in [0, 0.1) is 5.82 Å². The van der Waals surface area contributed by atoms with E-state index in [-0.39, 0.29) is 5.82 Å². The molecule has 0 saturated carbocycles. The van der Waals surface area contributed by atoms with E-state index in [9.17, 15) is 4.39 Å². The molecule has 82 valence electrons. The van der Waals surface area contributed by atoms with Crippen LogP contribution >= 0.6 is 11.3 Å². The number of nitrogens with zero attached hydrogens (tertiary/aromatic N) is 2. The molecule has 1 aromatic carbocycles. The number of halogens is 1. The summed E-state index contributed by atoms with van der Waals surface area (Å²) < 4.78 is 12.7. The number of thiazole rings is 1. The van der Waals surface area contributed by atoms with Gasteiger partial charge in [-0.05, 0) is 24.6 Å². The van der Waals surface area contributed by atoms with Gasteiger partial charge < -0.3 is 5.21 Å². The van der Waals surface area contributed by atoms with Gasteiger partial charge in [-0.15, -0.1) is 11.3 Å². The summed E-state index contributed by atoms with van der Waals surface area (Å²) in [6.07, 6.45) is 1.68. The lowest BCUT2D eigenvalue weighted by Gasteiger charge is -1.95. The van der Waals surface area contributed by atoms with Gasteiger partial charge in [0.2, 0.25) is 0 Å². The summed E-state index contributed by atoms with van der Waals surface area (Å²) in [5.41, 5.74) is 1.37. The van der Waals surface area contributed by atoms with Crippen molar-refractivity contribution < 1.29 is 9.60 Å². The number of hydrogen-bond acceptors (Lipinski definition) is 4. The van der Waals surface area contributed by atoms with Gasteiger partial charge in [0.15, 0.2) is 0 Å². The number of benzene rings is 1. The van der Waals surface area contributed by atoms with E-state index in [1.807, 2.05) is 0 Å². The average Bonchev–Trinajstić information content (AvgIpc) is 2.78. The lowest BCUT2D eigenvalue weighted by molar-refractivity contribution is 0.319. The molecule has 1 N–H and O–H groups in total. The molecule has 2 rings (SSSR count). The molecule has 1 aromatic heterocycles. The SMILES string of the molecule is CC(=NO)c1ncc(-c2ccc(F)cc2)s1. The molecule has 0 unspecified atom stereocenters. The molecule has 0 spiro atoms. The molecule has 1 heterocycles. The predicted octanol–water partition coefficient (Wildman–Crippen LogP) is 3.15. The van der Waals surface area contributed by atoms with Crippen molar-refractivity contribution in [2.24, 2.45) is 5.16 Å². The molecular formula is C11H9FN2OS. The van der Waals surface area contributed by atoms with Gasteiger partial charge in [0, 0.05) is 6.20 Å². The van der Waals surface area contributed by atoms with Crippen LogP contribution in [0.4, 0.5) is 4.39 Å². The molecular weight excluding hydrogens is 227 g/mol. The second kappa shape index (κ2) is 4.40. The highest BCUT2D eigenvalue weighted by Crippen LogP contribution is 2.26. The zero-order valence-corrected chi connectivity index (χ0v) is 9.33. The van der Waals surface area contributed by atoms with Crippen LogP contribution in [0.2, 0.25) is 0 Å². The molecule has 0 atom stereocenters. The summed E-state index contributed by atoms with van der Waals surface area (Å²) in [4.78, 5) is 5.03. The van der Waals surface area contributed by atoms with E-state index in [4.69, 9.17) is 5.21 Å². The number of hydrogen-bond donors (Lipinski definition) is 1. The zero-order valence-electron chi connectivity index (χ0n) is 8.51. The molecule has 2 aromatic rings. The maximum Gasteiger partial charge on any atom is 0.141 e. The Hall–Kier alpha value is -1.75. The third-order valence-corrected chi connectivity index (χ3v) is 3.25. The highest BCUT2D eigenvalue weighted by Gasteiger charge is 2.07. The fourth-order valence-electron chi connectivity index (χ4n) is 1.23. The normalized spacial score (nSPS) is 11.8. The van der Waals surface area contributed by atoms with Gasteiger partial charge in [-0.25, -0.2) is 9.37 Å². The maximum absolute atomic E-state index is 12.7. The summed E-state index contributed by atoms with van der Waals surface area (Å²) in [5.74, 6) is -0.262. The number of aromatic nitrogens is 1. The third-order valence-electron chi connectivity index (χ3n) is 2.09. The van der Waals surface area contributed by atoms with Gasteiger partial charge in [0.25, 0.3) is 0 Å². The molecule has 0 radical (unpaired) electrons. The van der Waals surface area contributed by atoms with E-state index < -0.39 is 0 Å². The van der Waals surface area contributed by atoms with Crippen LogP contribution in [-0.2, 0) is 0 Å². The smallest absolute Gasteiger partial charge is 0.141 e. The Morgan fingerprint density at radius 3 is 2.69 bits per heavy atom. The van der Waals surface area contributed by atoms with Crippen LogP contribution in [0.25, 0.3) is 10.4 Å². The van der Waals surface area contributed by atoms with E-state index in [1.165, 1.54) is 23.5 Å². The number of rotatable bonds is 2. The van der Waals surface area contributed by atoms with Crippen LogP contribution in [0.15, 0.2) is 35.6 Å². The maximum atomic E-state index is 12.7. The van der Waals surface area contributed by atoms with E-state index in [0.717, 1.165) is 10.4 Å². The predicted molar refractivity (Wildman–Crippen MR) is 61.5 cm³/mol. The fourth-order valence-corrected chi connectivity index (χ4v) is 2.09. The Balaban J connectivity index is 2.35. The van der Waals surface area contributed by atoms with Crippen molar-refractivity contribution in [3.05, 3.63) is 41.3 Å². The van der Waals surface area contributed by atoms with Crippen molar-refractivity contribution >= 4 is 17.0 Å². The van der Waals surface area contributed by atoms with E-state index in [1.54, 1.807) is 25.3 Å². The fraction of sp³-hybridized carbons (Fsp3) is 0.0909.